The summed E-state index contributed by atoms with van der Waals surface area (Å²) in [5.41, 5.74) is 0.836. The van der Waals surface area contributed by atoms with Crippen molar-refractivity contribution in [3.05, 3.63) is 19.9 Å². The molecule has 14 heavy (non-hydrogen) atoms. The summed E-state index contributed by atoms with van der Waals surface area (Å²) in [6.45, 7) is 0.922. The van der Waals surface area contributed by atoms with Crippen molar-refractivity contribution in [2.45, 2.75) is 12.8 Å². The molecule has 1 aliphatic carbocycles. The number of carbonyl (C=O) groups excluding carboxylic acids is 1. The maximum Gasteiger partial charge on any atom is 0.254 e. The number of thiophene rings is 1. The molecule has 1 saturated carbocycles. The number of hydrogen-bond acceptors (Lipinski definition) is 2. The fourth-order valence-corrected chi connectivity index (χ4v) is 2.73. The molecule has 0 bridgehead atoms. The van der Waals surface area contributed by atoms with Gasteiger partial charge in [0.2, 0.25) is 0 Å². The van der Waals surface area contributed by atoms with Crippen LogP contribution in [-0.2, 0) is 0 Å². The van der Waals surface area contributed by atoms with Crippen molar-refractivity contribution in [2.75, 3.05) is 13.6 Å². The molecule has 1 fully saturated rings. The van der Waals surface area contributed by atoms with Crippen molar-refractivity contribution in [1.29, 1.82) is 0 Å². The van der Waals surface area contributed by atoms with Crippen LogP contribution in [0.1, 0.15) is 23.2 Å². The molecule has 1 amide bonds. The summed E-state index contributed by atoms with van der Waals surface area (Å²) >= 11 is 3.87. The Bertz CT molecular complexity index is 346. The van der Waals surface area contributed by atoms with Crippen LogP contribution in [0.5, 0.6) is 0 Å². The number of hydrogen-bond donors (Lipinski definition) is 0. The summed E-state index contributed by atoms with van der Waals surface area (Å²) in [5, 5.41) is 1.94. The van der Waals surface area contributed by atoms with Crippen LogP contribution in [0.3, 0.4) is 0 Å². The minimum absolute atomic E-state index is 0.163. The van der Waals surface area contributed by atoms with E-state index in [1.807, 2.05) is 23.4 Å². The van der Waals surface area contributed by atoms with E-state index in [1.165, 1.54) is 15.7 Å². The van der Waals surface area contributed by atoms with Crippen LogP contribution in [0.15, 0.2) is 11.4 Å². The predicted molar refractivity (Wildman–Crippen MR) is 66.7 cm³/mol. The van der Waals surface area contributed by atoms with E-state index in [-0.39, 0.29) is 5.91 Å². The Morgan fingerprint density at radius 2 is 2.43 bits per heavy atom. The van der Waals surface area contributed by atoms with Gasteiger partial charge >= 0.3 is 0 Å². The number of halogens is 1. The minimum Gasteiger partial charge on any atom is -0.341 e. The average Bonchev–Trinajstić information content (AvgIpc) is 2.85. The van der Waals surface area contributed by atoms with Gasteiger partial charge in [-0.15, -0.1) is 11.3 Å². The monoisotopic (exact) mass is 321 g/mol. The fourth-order valence-electron chi connectivity index (χ4n) is 1.41. The molecule has 0 saturated heterocycles. The third kappa shape index (κ3) is 2.48. The molecule has 1 aromatic rings. The first-order valence-electron chi connectivity index (χ1n) is 4.66. The van der Waals surface area contributed by atoms with E-state index in [0.29, 0.717) is 0 Å². The fraction of sp³-hybridized carbons (Fsp3) is 0.500. The molecule has 1 aromatic heterocycles. The third-order valence-electron chi connectivity index (χ3n) is 2.39. The van der Waals surface area contributed by atoms with Gasteiger partial charge in [0.25, 0.3) is 5.91 Å². The maximum absolute atomic E-state index is 11.9. The molecule has 4 heteroatoms. The van der Waals surface area contributed by atoms with Gasteiger partial charge in [0.05, 0.1) is 8.45 Å². The number of carbonyl (C=O) groups is 1. The maximum atomic E-state index is 11.9. The van der Waals surface area contributed by atoms with Gasteiger partial charge < -0.3 is 4.90 Å². The zero-order valence-electron chi connectivity index (χ0n) is 8.00. The molecule has 2 nitrogen and oxygen atoms in total. The first-order valence-corrected chi connectivity index (χ1v) is 6.62. The lowest BCUT2D eigenvalue weighted by molar-refractivity contribution is 0.0789. The Hall–Kier alpha value is -0.100. The zero-order valence-corrected chi connectivity index (χ0v) is 11.0. The SMILES string of the molecule is CN(CC1CC1)C(=O)c1csc(I)c1. The van der Waals surface area contributed by atoms with Gasteiger partial charge in [0.15, 0.2) is 0 Å². The van der Waals surface area contributed by atoms with Crippen LogP contribution in [0.25, 0.3) is 0 Å². The second-order valence-electron chi connectivity index (χ2n) is 3.77. The summed E-state index contributed by atoms with van der Waals surface area (Å²) < 4.78 is 1.17. The number of rotatable bonds is 3. The molecule has 0 atom stereocenters. The summed E-state index contributed by atoms with van der Waals surface area (Å²) in [5.74, 6) is 0.928. The first-order chi connectivity index (χ1) is 6.66. The first kappa shape index (κ1) is 10.4. The molecule has 0 unspecified atom stereocenters. The Labute approximate surface area is 101 Å². The topological polar surface area (TPSA) is 20.3 Å². The summed E-state index contributed by atoms with van der Waals surface area (Å²) in [4.78, 5) is 13.7. The molecule has 2 rings (SSSR count). The minimum atomic E-state index is 0.163. The van der Waals surface area contributed by atoms with Crippen molar-refractivity contribution < 1.29 is 4.79 Å². The van der Waals surface area contributed by atoms with Crippen LogP contribution in [-0.4, -0.2) is 24.4 Å². The van der Waals surface area contributed by atoms with E-state index in [4.69, 9.17) is 0 Å². The van der Waals surface area contributed by atoms with Gasteiger partial charge in [-0.2, -0.15) is 0 Å². The van der Waals surface area contributed by atoms with Crippen LogP contribution in [0, 0.1) is 8.80 Å². The lowest BCUT2D eigenvalue weighted by atomic mass is 10.3. The Balaban J connectivity index is 1.99. The Kier molecular flexibility index (Phi) is 3.11. The Morgan fingerprint density at radius 3 is 2.93 bits per heavy atom. The highest BCUT2D eigenvalue weighted by Gasteiger charge is 2.25. The molecule has 0 radical (unpaired) electrons. The summed E-state index contributed by atoms with van der Waals surface area (Å²) in [6, 6.07) is 1.96. The van der Waals surface area contributed by atoms with Crippen molar-refractivity contribution >= 4 is 39.8 Å². The van der Waals surface area contributed by atoms with Crippen molar-refractivity contribution in [2.24, 2.45) is 5.92 Å². The molecule has 1 aliphatic rings. The van der Waals surface area contributed by atoms with E-state index in [1.54, 1.807) is 11.3 Å². The van der Waals surface area contributed by atoms with Crippen LogP contribution >= 0.6 is 33.9 Å². The molecule has 0 spiro atoms. The van der Waals surface area contributed by atoms with Crippen molar-refractivity contribution in [1.82, 2.24) is 4.90 Å². The van der Waals surface area contributed by atoms with Gasteiger partial charge in [-0.05, 0) is 47.4 Å². The summed E-state index contributed by atoms with van der Waals surface area (Å²) in [7, 11) is 1.89. The predicted octanol–water partition coefficient (Wildman–Crippen LogP) is 2.83. The van der Waals surface area contributed by atoms with E-state index in [0.717, 1.165) is 18.0 Å². The Morgan fingerprint density at radius 1 is 1.71 bits per heavy atom. The average molecular weight is 321 g/mol. The smallest absolute Gasteiger partial charge is 0.254 e. The molecule has 0 aromatic carbocycles. The summed E-state index contributed by atoms with van der Waals surface area (Å²) in [6.07, 6.45) is 2.58. The molecular formula is C10H12INOS. The van der Waals surface area contributed by atoms with E-state index in [2.05, 4.69) is 22.6 Å². The standard InChI is InChI=1S/C10H12INOS/c1-12(5-7-2-3-7)10(13)8-4-9(11)14-6-8/h4,6-7H,2-3,5H2,1H3. The van der Waals surface area contributed by atoms with Gasteiger partial charge in [0, 0.05) is 19.0 Å². The third-order valence-corrected chi connectivity index (χ3v) is 4.18. The van der Waals surface area contributed by atoms with Crippen LogP contribution in [0.4, 0.5) is 0 Å². The van der Waals surface area contributed by atoms with Gasteiger partial charge in [-0.1, -0.05) is 0 Å². The normalized spacial score (nSPS) is 15.6. The molecule has 0 N–H and O–H groups in total. The molecule has 0 aliphatic heterocycles. The van der Waals surface area contributed by atoms with Crippen LogP contribution in [0.2, 0.25) is 0 Å². The van der Waals surface area contributed by atoms with Crippen molar-refractivity contribution in [3.63, 3.8) is 0 Å². The van der Waals surface area contributed by atoms with Gasteiger partial charge in [-0.25, -0.2) is 0 Å². The van der Waals surface area contributed by atoms with Crippen molar-refractivity contribution in [3.8, 4) is 0 Å². The van der Waals surface area contributed by atoms with Gasteiger partial charge in [-0.3, -0.25) is 4.79 Å². The zero-order chi connectivity index (χ0) is 10.1. The molecular weight excluding hydrogens is 309 g/mol. The quantitative estimate of drug-likeness (QED) is 0.784. The second kappa shape index (κ2) is 4.18. The highest BCUT2D eigenvalue weighted by atomic mass is 127. The number of nitrogens with zero attached hydrogens (tertiary/aromatic N) is 1. The van der Waals surface area contributed by atoms with E-state index in [9.17, 15) is 4.79 Å². The lowest BCUT2D eigenvalue weighted by Gasteiger charge is -2.15. The number of amides is 1. The van der Waals surface area contributed by atoms with Crippen LogP contribution < -0.4 is 0 Å². The van der Waals surface area contributed by atoms with E-state index >= 15 is 0 Å². The van der Waals surface area contributed by atoms with Gasteiger partial charge in [0.1, 0.15) is 0 Å². The second-order valence-corrected chi connectivity index (χ2v) is 6.57. The lowest BCUT2D eigenvalue weighted by Crippen LogP contribution is -2.28. The molecule has 76 valence electrons. The van der Waals surface area contributed by atoms with E-state index < -0.39 is 0 Å². The highest BCUT2D eigenvalue weighted by Crippen LogP contribution is 2.29. The highest BCUT2D eigenvalue weighted by molar-refractivity contribution is 14.1. The molecule has 1 heterocycles. The largest absolute Gasteiger partial charge is 0.341 e.